The summed E-state index contributed by atoms with van der Waals surface area (Å²) in [5.74, 6) is -0.491. The van der Waals surface area contributed by atoms with Crippen LogP contribution in [0.1, 0.15) is 38.8 Å². The number of hydrogen-bond donors (Lipinski definition) is 1. The average Bonchev–Trinajstić information content (AvgIpc) is 2.64. The number of nitrogens with one attached hydrogen (secondary N) is 1. The molecule has 7 nitrogen and oxygen atoms in total. The van der Waals surface area contributed by atoms with Crippen LogP contribution in [-0.4, -0.2) is 62.0 Å². The second-order valence-corrected chi connectivity index (χ2v) is 7.53. The molecule has 0 radical (unpaired) electrons. The van der Waals surface area contributed by atoms with Gasteiger partial charge in [-0.1, -0.05) is 30.3 Å². The van der Waals surface area contributed by atoms with Gasteiger partial charge in [-0.05, 0) is 32.8 Å². The molecule has 2 atom stereocenters. The summed E-state index contributed by atoms with van der Waals surface area (Å²) in [6.45, 7) is 8.15. The molecule has 1 amide bonds. The van der Waals surface area contributed by atoms with Gasteiger partial charge in [-0.2, -0.15) is 0 Å². The number of alkyl carbamates (subject to hydrolysis) is 1. The highest BCUT2D eigenvalue weighted by atomic mass is 16.6. The average molecular weight is 378 g/mol. The van der Waals surface area contributed by atoms with Gasteiger partial charge in [-0.3, -0.25) is 4.90 Å². The molecule has 2 rings (SSSR count). The molecule has 1 aromatic rings. The Bertz CT molecular complexity index is 609. The van der Waals surface area contributed by atoms with E-state index in [2.05, 4.69) is 10.2 Å². The lowest BCUT2D eigenvalue weighted by Crippen LogP contribution is -2.47. The van der Waals surface area contributed by atoms with Gasteiger partial charge in [0.2, 0.25) is 0 Å². The Labute approximate surface area is 161 Å². The van der Waals surface area contributed by atoms with E-state index in [1.807, 2.05) is 30.3 Å². The van der Waals surface area contributed by atoms with Crippen LogP contribution in [0.5, 0.6) is 0 Å². The number of benzene rings is 1. The summed E-state index contributed by atoms with van der Waals surface area (Å²) >= 11 is 0. The van der Waals surface area contributed by atoms with Gasteiger partial charge in [0.05, 0.1) is 20.3 Å². The van der Waals surface area contributed by atoms with Crippen molar-refractivity contribution in [1.82, 2.24) is 10.2 Å². The highest BCUT2D eigenvalue weighted by Crippen LogP contribution is 2.27. The van der Waals surface area contributed by atoms with E-state index in [-0.39, 0.29) is 6.04 Å². The van der Waals surface area contributed by atoms with Gasteiger partial charge >= 0.3 is 12.1 Å². The van der Waals surface area contributed by atoms with Crippen molar-refractivity contribution in [3.8, 4) is 0 Å². The highest BCUT2D eigenvalue weighted by molar-refractivity contribution is 5.81. The Morgan fingerprint density at radius 3 is 2.37 bits per heavy atom. The van der Waals surface area contributed by atoms with Gasteiger partial charge in [0.1, 0.15) is 11.6 Å². The maximum atomic E-state index is 12.3. The van der Waals surface area contributed by atoms with Gasteiger partial charge in [-0.15, -0.1) is 0 Å². The van der Waals surface area contributed by atoms with Crippen LogP contribution in [0.2, 0.25) is 0 Å². The topological polar surface area (TPSA) is 77.1 Å². The molecule has 1 heterocycles. The first-order valence-electron chi connectivity index (χ1n) is 9.24. The van der Waals surface area contributed by atoms with Crippen LogP contribution in [-0.2, 0) is 19.0 Å². The lowest BCUT2D eigenvalue weighted by atomic mass is 9.97. The van der Waals surface area contributed by atoms with Crippen LogP contribution in [0.3, 0.4) is 0 Å². The molecule has 2 unspecified atom stereocenters. The standard InChI is InChI=1S/C20H30N2O5/c1-20(2,3)27-19(24)21-16(18(23)25-4)14-17(15-8-6-5-7-9-15)22-10-12-26-13-11-22/h5-9,16-17H,10-14H2,1-4H3,(H,21,24). The molecule has 1 aromatic carbocycles. The number of carbonyl (C=O) groups is 2. The minimum absolute atomic E-state index is 0.0471. The summed E-state index contributed by atoms with van der Waals surface area (Å²) in [6, 6.07) is 9.10. The predicted molar refractivity (Wildman–Crippen MR) is 101 cm³/mol. The van der Waals surface area contributed by atoms with Crippen molar-refractivity contribution in [1.29, 1.82) is 0 Å². The van der Waals surface area contributed by atoms with Crippen LogP contribution >= 0.6 is 0 Å². The third kappa shape index (κ3) is 6.84. The van der Waals surface area contributed by atoms with Crippen molar-refractivity contribution in [3.05, 3.63) is 35.9 Å². The third-order valence-corrected chi connectivity index (χ3v) is 4.31. The Morgan fingerprint density at radius 2 is 1.81 bits per heavy atom. The predicted octanol–water partition coefficient (Wildman–Crippen LogP) is 2.52. The molecule has 150 valence electrons. The van der Waals surface area contributed by atoms with Crippen molar-refractivity contribution in [2.45, 2.75) is 44.9 Å². The zero-order valence-corrected chi connectivity index (χ0v) is 16.6. The second kappa shape index (κ2) is 9.71. The Balaban J connectivity index is 2.18. The van der Waals surface area contributed by atoms with Crippen molar-refractivity contribution >= 4 is 12.1 Å². The Morgan fingerprint density at radius 1 is 1.19 bits per heavy atom. The molecule has 1 N–H and O–H groups in total. The zero-order valence-electron chi connectivity index (χ0n) is 16.6. The molecular weight excluding hydrogens is 348 g/mol. The van der Waals surface area contributed by atoms with Crippen LogP contribution in [0.25, 0.3) is 0 Å². The van der Waals surface area contributed by atoms with Gasteiger partial charge < -0.3 is 19.5 Å². The number of morpholine rings is 1. The lowest BCUT2D eigenvalue weighted by molar-refractivity contribution is -0.143. The zero-order chi connectivity index (χ0) is 19.9. The number of ether oxygens (including phenoxy) is 3. The van der Waals surface area contributed by atoms with E-state index >= 15 is 0 Å². The first-order valence-corrected chi connectivity index (χ1v) is 9.24. The number of amides is 1. The highest BCUT2D eigenvalue weighted by Gasteiger charge is 2.31. The molecule has 27 heavy (non-hydrogen) atoms. The fourth-order valence-electron chi connectivity index (χ4n) is 3.09. The van der Waals surface area contributed by atoms with Gasteiger partial charge in [0, 0.05) is 19.1 Å². The van der Waals surface area contributed by atoms with Gasteiger partial charge in [0.25, 0.3) is 0 Å². The van der Waals surface area contributed by atoms with Gasteiger partial charge in [-0.25, -0.2) is 9.59 Å². The largest absolute Gasteiger partial charge is 0.467 e. The first kappa shape index (κ1) is 21.2. The first-order chi connectivity index (χ1) is 12.8. The molecule has 1 aliphatic rings. The van der Waals surface area contributed by atoms with Crippen LogP contribution in [0, 0.1) is 0 Å². The van der Waals surface area contributed by atoms with Gasteiger partial charge in [0.15, 0.2) is 0 Å². The number of carbonyl (C=O) groups excluding carboxylic acids is 2. The number of methoxy groups -OCH3 is 1. The minimum atomic E-state index is -0.807. The normalized spacial score (nSPS) is 17.6. The van der Waals surface area contributed by atoms with E-state index in [1.54, 1.807) is 20.8 Å². The smallest absolute Gasteiger partial charge is 0.408 e. The van der Waals surface area contributed by atoms with Crippen LogP contribution < -0.4 is 5.32 Å². The quantitative estimate of drug-likeness (QED) is 0.767. The van der Waals surface area contributed by atoms with Crippen molar-refractivity contribution in [2.75, 3.05) is 33.4 Å². The summed E-state index contributed by atoms with van der Waals surface area (Å²) in [5, 5.41) is 2.67. The van der Waals surface area contributed by atoms with E-state index in [0.29, 0.717) is 19.6 Å². The molecule has 0 saturated carbocycles. The van der Waals surface area contributed by atoms with E-state index in [0.717, 1.165) is 18.7 Å². The number of hydrogen-bond acceptors (Lipinski definition) is 6. The lowest BCUT2D eigenvalue weighted by Gasteiger charge is -2.36. The van der Waals surface area contributed by atoms with Crippen LogP contribution in [0.15, 0.2) is 30.3 Å². The molecule has 0 spiro atoms. The summed E-state index contributed by atoms with van der Waals surface area (Å²) in [4.78, 5) is 26.8. The SMILES string of the molecule is COC(=O)C(CC(c1ccccc1)N1CCOCC1)NC(=O)OC(C)(C)C. The Kier molecular flexibility index (Phi) is 7.62. The maximum absolute atomic E-state index is 12.3. The third-order valence-electron chi connectivity index (χ3n) is 4.31. The van der Waals surface area contributed by atoms with E-state index in [1.165, 1.54) is 7.11 Å². The van der Waals surface area contributed by atoms with E-state index in [9.17, 15) is 9.59 Å². The molecule has 0 aromatic heterocycles. The number of esters is 1. The second-order valence-electron chi connectivity index (χ2n) is 7.53. The summed E-state index contributed by atoms with van der Waals surface area (Å²) in [5.41, 5.74) is 0.438. The minimum Gasteiger partial charge on any atom is -0.467 e. The monoisotopic (exact) mass is 378 g/mol. The van der Waals surface area contributed by atoms with E-state index < -0.39 is 23.7 Å². The maximum Gasteiger partial charge on any atom is 0.408 e. The molecule has 0 aliphatic carbocycles. The number of nitrogens with zero attached hydrogens (tertiary/aromatic N) is 1. The summed E-state index contributed by atoms with van der Waals surface area (Å²) < 4.78 is 15.7. The number of rotatable bonds is 6. The van der Waals surface area contributed by atoms with E-state index in [4.69, 9.17) is 14.2 Å². The molecule has 1 fully saturated rings. The van der Waals surface area contributed by atoms with Crippen molar-refractivity contribution < 1.29 is 23.8 Å². The summed E-state index contributed by atoms with van der Waals surface area (Å²) in [6.07, 6.45) is -0.248. The fraction of sp³-hybridized carbons (Fsp3) is 0.600. The fourth-order valence-corrected chi connectivity index (χ4v) is 3.09. The van der Waals surface area contributed by atoms with Crippen molar-refractivity contribution in [2.24, 2.45) is 0 Å². The molecule has 1 saturated heterocycles. The Hall–Kier alpha value is -2.12. The molecule has 7 heteroatoms. The summed E-state index contributed by atoms with van der Waals surface area (Å²) in [7, 11) is 1.32. The molecule has 0 bridgehead atoms. The molecular formula is C20H30N2O5. The van der Waals surface area contributed by atoms with Crippen LogP contribution in [0.4, 0.5) is 4.79 Å². The van der Waals surface area contributed by atoms with Crippen molar-refractivity contribution in [3.63, 3.8) is 0 Å². The molecule has 1 aliphatic heterocycles.